The molecule has 1 amide bonds. The van der Waals surface area contributed by atoms with Crippen molar-refractivity contribution in [2.24, 2.45) is 10.8 Å². The van der Waals surface area contributed by atoms with E-state index in [1.165, 1.54) is 6.42 Å². The minimum absolute atomic E-state index is 0.0559. The van der Waals surface area contributed by atoms with Gasteiger partial charge in [-0.3, -0.25) is 0 Å². The Bertz CT molecular complexity index is 266. The SMILES string of the molecule is CC(C)OC(=O)NC1CC(C)(C)CC(C)(C)C1. The van der Waals surface area contributed by atoms with Crippen LogP contribution in [0, 0.1) is 10.8 Å². The second-order valence-corrected chi connectivity index (χ2v) is 7.21. The Labute approximate surface area is 105 Å². The number of rotatable bonds is 2. The van der Waals surface area contributed by atoms with Crippen molar-refractivity contribution < 1.29 is 9.53 Å². The van der Waals surface area contributed by atoms with Gasteiger partial charge in [0.1, 0.15) is 0 Å². The molecule has 0 unspecified atom stereocenters. The number of alkyl carbamates (subject to hydrolysis) is 1. The van der Waals surface area contributed by atoms with Crippen LogP contribution < -0.4 is 5.32 Å². The number of ether oxygens (including phenoxy) is 1. The first kappa shape index (κ1) is 14.3. The molecule has 0 atom stereocenters. The van der Waals surface area contributed by atoms with Crippen molar-refractivity contribution in [1.82, 2.24) is 5.32 Å². The first-order valence-corrected chi connectivity index (χ1v) is 6.57. The zero-order valence-electron chi connectivity index (χ0n) is 12.1. The maximum atomic E-state index is 11.6. The van der Waals surface area contributed by atoms with Gasteiger partial charge in [-0.1, -0.05) is 27.7 Å². The van der Waals surface area contributed by atoms with E-state index in [0.717, 1.165) is 12.8 Å². The highest BCUT2D eigenvalue weighted by Gasteiger charge is 2.39. The average molecular weight is 241 g/mol. The van der Waals surface area contributed by atoms with Crippen LogP contribution in [-0.2, 0) is 4.74 Å². The van der Waals surface area contributed by atoms with E-state index in [1.807, 2.05) is 13.8 Å². The molecule has 100 valence electrons. The van der Waals surface area contributed by atoms with Crippen LogP contribution >= 0.6 is 0 Å². The van der Waals surface area contributed by atoms with Gasteiger partial charge in [-0.25, -0.2) is 4.79 Å². The minimum Gasteiger partial charge on any atom is -0.447 e. The van der Waals surface area contributed by atoms with Crippen molar-refractivity contribution in [2.45, 2.75) is 73.0 Å². The van der Waals surface area contributed by atoms with Crippen LogP contribution in [0.5, 0.6) is 0 Å². The van der Waals surface area contributed by atoms with E-state index in [0.29, 0.717) is 0 Å². The largest absolute Gasteiger partial charge is 0.447 e. The molecule has 17 heavy (non-hydrogen) atoms. The molecule has 0 radical (unpaired) electrons. The van der Waals surface area contributed by atoms with Gasteiger partial charge in [0.25, 0.3) is 0 Å². The molecule has 0 aromatic carbocycles. The summed E-state index contributed by atoms with van der Waals surface area (Å²) in [6.45, 7) is 12.8. The van der Waals surface area contributed by atoms with Crippen LogP contribution in [0.25, 0.3) is 0 Å². The Hall–Kier alpha value is -0.730. The lowest BCUT2D eigenvalue weighted by Crippen LogP contribution is -2.46. The van der Waals surface area contributed by atoms with Crippen LogP contribution in [0.15, 0.2) is 0 Å². The Morgan fingerprint density at radius 3 is 2.06 bits per heavy atom. The van der Waals surface area contributed by atoms with Crippen LogP contribution in [-0.4, -0.2) is 18.2 Å². The molecule has 0 aromatic heterocycles. The smallest absolute Gasteiger partial charge is 0.407 e. The second-order valence-electron chi connectivity index (χ2n) is 7.21. The molecule has 1 aliphatic carbocycles. The summed E-state index contributed by atoms with van der Waals surface area (Å²) in [6, 6.07) is 0.236. The molecule has 1 saturated carbocycles. The lowest BCUT2D eigenvalue weighted by Gasteiger charge is -2.45. The zero-order chi connectivity index (χ0) is 13.3. The fourth-order valence-electron chi connectivity index (χ4n) is 3.36. The van der Waals surface area contributed by atoms with Crippen molar-refractivity contribution in [3.8, 4) is 0 Å². The van der Waals surface area contributed by atoms with Crippen LogP contribution in [0.1, 0.15) is 60.8 Å². The molecule has 0 bridgehead atoms. The highest BCUT2D eigenvalue weighted by molar-refractivity contribution is 5.67. The van der Waals surface area contributed by atoms with Gasteiger partial charge >= 0.3 is 6.09 Å². The molecule has 1 N–H and O–H groups in total. The molecule has 1 rings (SSSR count). The fourth-order valence-corrected chi connectivity index (χ4v) is 3.36. The van der Waals surface area contributed by atoms with E-state index in [2.05, 4.69) is 33.0 Å². The van der Waals surface area contributed by atoms with Crippen molar-refractivity contribution in [3.05, 3.63) is 0 Å². The van der Waals surface area contributed by atoms with Crippen LogP contribution in [0.4, 0.5) is 4.79 Å². The predicted octanol–water partition coefficient (Wildman–Crippen LogP) is 3.73. The van der Waals surface area contributed by atoms with Gasteiger partial charge in [0, 0.05) is 6.04 Å². The number of hydrogen-bond acceptors (Lipinski definition) is 2. The van der Waals surface area contributed by atoms with Gasteiger partial charge in [-0.05, 0) is 43.9 Å². The number of carbonyl (C=O) groups is 1. The zero-order valence-corrected chi connectivity index (χ0v) is 12.1. The molecule has 3 heteroatoms. The highest BCUT2D eigenvalue weighted by atomic mass is 16.6. The van der Waals surface area contributed by atoms with E-state index in [-0.39, 0.29) is 29.1 Å². The van der Waals surface area contributed by atoms with E-state index < -0.39 is 0 Å². The quantitative estimate of drug-likeness (QED) is 0.800. The van der Waals surface area contributed by atoms with Crippen molar-refractivity contribution in [2.75, 3.05) is 0 Å². The van der Waals surface area contributed by atoms with Gasteiger partial charge < -0.3 is 10.1 Å². The van der Waals surface area contributed by atoms with Crippen LogP contribution in [0.2, 0.25) is 0 Å². The highest BCUT2D eigenvalue weighted by Crippen LogP contribution is 2.45. The predicted molar refractivity (Wildman–Crippen MR) is 70.0 cm³/mol. The maximum Gasteiger partial charge on any atom is 0.407 e. The minimum atomic E-state index is -0.279. The summed E-state index contributed by atoms with van der Waals surface area (Å²) in [5, 5.41) is 3.00. The van der Waals surface area contributed by atoms with Gasteiger partial charge in [0.05, 0.1) is 6.10 Å². The molecule has 3 nitrogen and oxygen atoms in total. The Morgan fingerprint density at radius 2 is 1.65 bits per heavy atom. The van der Waals surface area contributed by atoms with E-state index in [9.17, 15) is 4.79 Å². The van der Waals surface area contributed by atoms with Gasteiger partial charge in [0.2, 0.25) is 0 Å². The molecule has 0 heterocycles. The molecule has 1 fully saturated rings. The monoisotopic (exact) mass is 241 g/mol. The van der Waals surface area contributed by atoms with Gasteiger partial charge in [-0.2, -0.15) is 0 Å². The molecule has 0 spiro atoms. The van der Waals surface area contributed by atoms with Crippen molar-refractivity contribution in [3.63, 3.8) is 0 Å². The van der Waals surface area contributed by atoms with Gasteiger partial charge in [-0.15, -0.1) is 0 Å². The lowest BCUT2D eigenvalue weighted by atomic mass is 9.63. The number of carbonyl (C=O) groups excluding carboxylic acids is 1. The van der Waals surface area contributed by atoms with Crippen molar-refractivity contribution in [1.29, 1.82) is 0 Å². The molecule has 0 saturated heterocycles. The normalized spacial score (nSPS) is 23.5. The third-order valence-electron chi connectivity index (χ3n) is 3.22. The Morgan fingerprint density at radius 1 is 1.18 bits per heavy atom. The number of hydrogen-bond donors (Lipinski definition) is 1. The first-order valence-electron chi connectivity index (χ1n) is 6.57. The third kappa shape index (κ3) is 4.97. The summed E-state index contributed by atoms with van der Waals surface area (Å²) in [7, 11) is 0. The Balaban J connectivity index is 2.56. The van der Waals surface area contributed by atoms with E-state index in [1.54, 1.807) is 0 Å². The second kappa shape index (κ2) is 4.87. The first-order chi connectivity index (χ1) is 7.60. The third-order valence-corrected chi connectivity index (χ3v) is 3.22. The van der Waals surface area contributed by atoms with E-state index >= 15 is 0 Å². The number of amides is 1. The summed E-state index contributed by atoms with van der Waals surface area (Å²) >= 11 is 0. The fraction of sp³-hybridized carbons (Fsp3) is 0.929. The molecular formula is C14H27NO2. The lowest BCUT2D eigenvalue weighted by molar-refractivity contribution is 0.0704. The molecule has 0 aromatic rings. The average Bonchev–Trinajstić information content (AvgIpc) is 1.93. The van der Waals surface area contributed by atoms with E-state index in [4.69, 9.17) is 4.74 Å². The summed E-state index contributed by atoms with van der Waals surface area (Å²) < 4.78 is 5.14. The van der Waals surface area contributed by atoms with Crippen molar-refractivity contribution >= 4 is 6.09 Å². The topological polar surface area (TPSA) is 38.3 Å². The molecular weight excluding hydrogens is 214 g/mol. The summed E-state index contributed by atoms with van der Waals surface area (Å²) in [5.41, 5.74) is 0.578. The molecule has 0 aliphatic heterocycles. The maximum absolute atomic E-state index is 11.6. The van der Waals surface area contributed by atoms with Crippen LogP contribution in [0.3, 0.4) is 0 Å². The molecule has 1 aliphatic rings. The Kier molecular flexibility index (Phi) is 4.11. The summed E-state index contributed by atoms with van der Waals surface area (Å²) in [5.74, 6) is 0. The van der Waals surface area contributed by atoms with Gasteiger partial charge in [0.15, 0.2) is 0 Å². The summed E-state index contributed by atoms with van der Waals surface area (Å²) in [4.78, 5) is 11.6. The standard InChI is InChI=1S/C14H27NO2/c1-10(2)17-12(16)15-11-7-13(3,4)9-14(5,6)8-11/h10-11H,7-9H2,1-6H3,(H,15,16). The number of nitrogens with one attached hydrogen (secondary N) is 1. The summed E-state index contributed by atoms with van der Waals surface area (Å²) in [6.07, 6.45) is 2.93.